The van der Waals surface area contributed by atoms with Crippen molar-refractivity contribution in [1.82, 2.24) is 20.2 Å². The standard InChI is InChI=1S/C19H18N4O3S2/c1-10-4-6-13(7-5-10)25-8-15-22-23-19(26-15)27-9-14-20-17(24)16-11(2)12(3)28-18(16)21-14/h4-7H,8-9H2,1-3H3,(H,20,21,24). The summed E-state index contributed by atoms with van der Waals surface area (Å²) in [6.07, 6.45) is 0. The molecule has 4 rings (SSSR count). The van der Waals surface area contributed by atoms with Gasteiger partial charge in [-0.05, 0) is 38.5 Å². The smallest absolute Gasteiger partial charge is 0.277 e. The summed E-state index contributed by atoms with van der Waals surface area (Å²) in [5.41, 5.74) is 2.05. The van der Waals surface area contributed by atoms with E-state index in [1.165, 1.54) is 28.7 Å². The minimum Gasteiger partial charge on any atom is -0.484 e. The number of thiophene rings is 1. The molecule has 0 unspecified atom stereocenters. The molecule has 144 valence electrons. The van der Waals surface area contributed by atoms with Crippen LogP contribution in [-0.4, -0.2) is 20.2 Å². The molecule has 0 aliphatic heterocycles. The minimum absolute atomic E-state index is 0.111. The summed E-state index contributed by atoms with van der Waals surface area (Å²) in [6, 6.07) is 7.75. The molecule has 0 aliphatic rings. The van der Waals surface area contributed by atoms with E-state index in [1.54, 1.807) is 0 Å². The first kappa shape index (κ1) is 18.7. The third kappa shape index (κ3) is 3.95. The highest BCUT2D eigenvalue weighted by atomic mass is 32.2. The predicted molar refractivity (Wildman–Crippen MR) is 109 cm³/mol. The monoisotopic (exact) mass is 414 g/mol. The van der Waals surface area contributed by atoms with Crippen molar-refractivity contribution in [3.63, 3.8) is 0 Å². The first-order valence-electron chi connectivity index (χ1n) is 8.63. The fourth-order valence-electron chi connectivity index (χ4n) is 2.63. The molecule has 3 heterocycles. The molecule has 7 nitrogen and oxygen atoms in total. The Morgan fingerprint density at radius 1 is 1.18 bits per heavy atom. The van der Waals surface area contributed by atoms with Crippen LogP contribution in [0.25, 0.3) is 10.2 Å². The maximum absolute atomic E-state index is 12.3. The van der Waals surface area contributed by atoms with E-state index in [4.69, 9.17) is 9.15 Å². The molecule has 0 spiro atoms. The summed E-state index contributed by atoms with van der Waals surface area (Å²) >= 11 is 2.85. The number of nitrogens with one attached hydrogen (secondary N) is 1. The van der Waals surface area contributed by atoms with Gasteiger partial charge < -0.3 is 14.1 Å². The van der Waals surface area contributed by atoms with E-state index in [0.29, 0.717) is 28.1 Å². The average molecular weight is 415 g/mol. The minimum atomic E-state index is -0.111. The lowest BCUT2D eigenvalue weighted by atomic mass is 10.2. The number of aromatic amines is 1. The summed E-state index contributed by atoms with van der Waals surface area (Å²) in [7, 11) is 0. The Labute approximate surface area is 169 Å². The maximum atomic E-state index is 12.3. The molecule has 3 aromatic heterocycles. The fourth-order valence-corrected chi connectivity index (χ4v) is 4.33. The number of rotatable bonds is 6. The second kappa shape index (κ2) is 7.76. The molecule has 0 atom stereocenters. The Kier molecular flexibility index (Phi) is 5.19. The molecule has 0 amide bonds. The van der Waals surface area contributed by atoms with E-state index in [2.05, 4.69) is 20.2 Å². The van der Waals surface area contributed by atoms with Crippen molar-refractivity contribution in [1.29, 1.82) is 0 Å². The van der Waals surface area contributed by atoms with Gasteiger partial charge in [0.2, 0.25) is 0 Å². The molecule has 0 radical (unpaired) electrons. The number of fused-ring (bicyclic) bond motifs is 1. The van der Waals surface area contributed by atoms with Crippen LogP contribution in [0.1, 0.15) is 27.7 Å². The van der Waals surface area contributed by atoms with Crippen LogP contribution in [0.3, 0.4) is 0 Å². The quantitative estimate of drug-likeness (QED) is 0.473. The molecule has 0 aliphatic carbocycles. The SMILES string of the molecule is Cc1ccc(OCc2nnc(SCc3nc4sc(C)c(C)c4c(=O)[nH]3)o2)cc1. The highest BCUT2D eigenvalue weighted by Gasteiger charge is 2.13. The summed E-state index contributed by atoms with van der Waals surface area (Å²) < 4.78 is 11.2. The molecule has 1 aromatic carbocycles. The number of aromatic nitrogens is 4. The van der Waals surface area contributed by atoms with Gasteiger partial charge >= 0.3 is 0 Å². The molecule has 0 saturated carbocycles. The average Bonchev–Trinajstić information content (AvgIpc) is 3.24. The third-order valence-corrected chi connectivity index (χ3v) is 6.18. The van der Waals surface area contributed by atoms with E-state index in [-0.39, 0.29) is 12.2 Å². The van der Waals surface area contributed by atoms with E-state index in [1.807, 2.05) is 45.0 Å². The van der Waals surface area contributed by atoms with E-state index in [0.717, 1.165) is 21.0 Å². The van der Waals surface area contributed by atoms with Crippen LogP contribution < -0.4 is 10.3 Å². The van der Waals surface area contributed by atoms with Gasteiger partial charge in [-0.25, -0.2) is 4.98 Å². The summed E-state index contributed by atoms with van der Waals surface area (Å²) in [6.45, 7) is 6.16. The summed E-state index contributed by atoms with van der Waals surface area (Å²) in [5, 5.41) is 9.08. The molecule has 0 fully saturated rings. The number of hydrogen-bond acceptors (Lipinski definition) is 8. The number of H-pyrrole nitrogens is 1. The Hall–Kier alpha value is -2.65. The molecular formula is C19H18N4O3S2. The Morgan fingerprint density at radius 3 is 2.75 bits per heavy atom. The molecule has 1 N–H and O–H groups in total. The highest BCUT2D eigenvalue weighted by Crippen LogP contribution is 2.27. The lowest BCUT2D eigenvalue weighted by Gasteiger charge is -2.02. The van der Waals surface area contributed by atoms with Gasteiger partial charge in [0, 0.05) is 4.88 Å². The number of benzene rings is 1. The third-order valence-electron chi connectivity index (χ3n) is 4.25. The van der Waals surface area contributed by atoms with Crippen molar-refractivity contribution in [2.75, 3.05) is 0 Å². The van der Waals surface area contributed by atoms with Crippen LogP contribution in [0.2, 0.25) is 0 Å². The first-order valence-corrected chi connectivity index (χ1v) is 10.4. The summed E-state index contributed by atoms with van der Waals surface area (Å²) in [4.78, 5) is 21.6. The predicted octanol–water partition coefficient (Wildman–Crippen LogP) is 4.16. The highest BCUT2D eigenvalue weighted by molar-refractivity contribution is 7.98. The van der Waals surface area contributed by atoms with Crippen molar-refractivity contribution in [3.8, 4) is 5.75 Å². The van der Waals surface area contributed by atoms with Crippen LogP contribution in [-0.2, 0) is 12.4 Å². The van der Waals surface area contributed by atoms with Crippen LogP contribution in [0.5, 0.6) is 5.75 Å². The second-order valence-electron chi connectivity index (χ2n) is 6.33. The Morgan fingerprint density at radius 2 is 1.96 bits per heavy atom. The van der Waals surface area contributed by atoms with Gasteiger partial charge in [0.1, 0.15) is 16.4 Å². The number of ether oxygens (including phenoxy) is 1. The van der Waals surface area contributed by atoms with Gasteiger partial charge in [0.05, 0.1) is 11.1 Å². The van der Waals surface area contributed by atoms with E-state index < -0.39 is 0 Å². The largest absolute Gasteiger partial charge is 0.484 e. The van der Waals surface area contributed by atoms with Gasteiger partial charge in [-0.2, -0.15) is 0 Å². The summed E-state index contributed by atoms with van der Waals surface area (Å²) in [5.74, 6) is 2.15. The first-order chi connectivity index (χ1) is 13.5. The zero-order valence-corrected chi connectivity index (χ0v) is 17.2. The molecule has 9 heteroatoms. The molecule has 0 bridgehead atoms. The molecule has 4 aromatic rings. The van der Waals surface area contributed by atoms with Crippen LogP contribution >= 0.6 is 23.1 Å². The zero-order chi connectivity index (χ0) is 19.7. The van der Waals surface area contributed by atoms with Crippen LogP contribution in [0.15, 0.2) is 38.7 Å². The van der Waals surface area contributed by atoms with Crippen LogP contribution in [0.4, 0.5) is 0 Å². The lowest BCUT2D eigenvalue weighted by Crippen LogP contribution is -2.10. The van der Waals surface area contributed by atoms with E-state index >= 15 is 0 Å². The van der Waals surface area contributed by atoms with Crippen molar-refractivity contribution < 1.29 is 9.15 Å². The number of nitrogens with zero attached hydrogens (tertiary/aromatic N) is 3. The Bertz CT molecular complexity index is 1180. The Balaban J connectivity index is 1.40. The maximum Gasteiger partial charge on any atom is 0.277 e. The van der Waals surface area contributed by atoms with Crippen molar-refractivity contribution >= 4 is 33.3 Å². The zero-order valence-electron chi connectivity index (χ0n) is 15.6. The number of hydrogen-bond donors (Lipinski definition) is 1. The fraction of sp³-hybridized carbons (Fsp3) is 0.263. The normalized spacial score (nSPS) is 11.2. The van der Waals surface area contributed by atoms with Crippen molar-refractivity contribution in [2.45, 2.75) is 38.4 Å². The lowest BCUT2D eigenvalue weighted by molar-refractivity contribution is 0.252. The topological polar surface area (TPSA) is 93.9 Å². The second-order valence-corrected chi connectivity index (χ2v) is 8.46. The molecule has 28 heavy (non-hydrogen) atoms. The van der Waals surface area contributed by atoms with Gasteiger partial charge in [-0.3, -0.25) is 4.79 Å². The van der Waals surface area contributed by atoms with Gasteiger partial charge in [0.15, 0.2) is 6.61 Å². The van der Waals surface area contributed by atoms with Crippen molar-refractivity contribution in [2.24, 2.45) is 0 Å². The number of aryl methyl sites for hydroxylation is 3. The van der Waals surface area contributed by atoms with Gasteiger partial charge in [-0.1, -0.05) is 29.5 Å². The molecular weight excluding hydrogens is 396 g/mol. The van der Waals surface area contributed by atoms with Crippen molar-refractivity contribution in [3.05, 3.63) is 62.3 Å². The number of thioether (sulfide) groups is 1. The van der Waals surface area contributed by atoms with Crippen LogP contribution in [0, 0.1) is 20.8 Å². The van der Waals surface area contributed by atoms with Gasteiger partial charge in [-0.15, -0.1) is 21.5 Å². The van der Waals surface area contributed by atoms with E-state index in [9.17, 15) is 4.79 Å². The molecule has 0 saturated heterocycles. The van der Waals surface area contributed by atoms with Gasteiger partial charge in [0.25, 0.3) is 16.7 Å².